The molecule has 1 fully saturated rings. The van der Waals surface area contributed by atoms with Crippen molar-refractivity contribution in [3.8, 4) is 0 Å². The Labute approximate surface area is 84.3 Å². The topological polar surface area (TPSA) is 72.2 Å². The average molecular weight is 198 g/mol. The zero-order valence-corrected chi connectivity index (χ0v) is 8.47. The maximum atomic E-state index is 9.03. The summed E-state index contributed by atoms with van der Waals surface area (Å²) >= 11 is 0. The van der Waals surface area contributed by atoms with Crippen LogP contribution in [0.3, 0.4) is 0 Å². The van der Waals surface area contributed by atoms with E-state index in [1.807, 2.05) is 0 Å². The molecule has 0 aromatic heterocycles. The highest BCUT2D eigenvalue weighted by atomic mass is 16.3. The maximum absolute atomic E-state index is 9.03. The van der Waals surface area contributed by atoms with Crippen LogP contribution >= 0.6 is 0 Å². The third-order valence-corrected chi connectivity index (χ3v) is 2.66. The molecular weight excluding hydrogens is 180 g/mol. The first-order valence-corrected chi connectivity index (χ1v) is 5.21. The van der Waals surface area contributed by atoms with Crippen LogP contribution in [-0.4, -0.2) is 42.8 Å². The Bertz CT molecular complexity index is 203. The lowest BCUT2D eigenvalue weighted by Gasteiger charge is -2.31. The van der Waals surface area contributed by atoms with Crippen LogP contribution in [-0.2, 0) is 0 Å². The van der Waals surface area contributed by atoms with Crippen LogP contribution in [0.4, 0.5) is 0 Å². The highest BCUT2D eigenvalue weighted by Gasteiger charge is 2.18. The summed E-state index contributed by atoms with van der Waals surface area (Å²) in [5.41, 5.74) is 8.10. The largest absolute Gasteiger partial charge is 0.396 e. The molecule has 0 aromatic carbocycles. The van der Waals surface area contributed by atoms with Crippen molar-refractivity contribution in [3.63, 3.8) is 0 Å². The number of aliphatic hydroxyl groups is 1. The Morgan fingerprint density at radius 3 is 3.14 bits per heavy atom. The molecule has 0 bridgehead atoms. The monoisotopic (exact) mass is 198 g/mol. The third-order valence-electron chi connectivity index (χ3n) is 2.66. The van der Waals surface area contributed by atoms with Crippen LogP contribution in [0.5, 0.6) is 0 Å². The molecule has 0 spiro atoms. The van der Waals surface area contributed by atoms with Gasteiger partial charge in [0.15, 0.2) is 0 Å². The van der Waals surface area contributed by atoms with Crippen molar-refractivity contribution >= 4 is 0 Å². The van der Waals surface area contributed by atoms with Crippen LogP contribution in [0.15, 0.2) is 5.11 Å². The van der Waals surface area contributed by atoms with E-state index < -0.39 is 0 Å². The summed E-state index contributed by atoms with van der Waals surface area (Å²) in [6, 6.07) is 0. The number of hydrogen-bond donors (Lipinski definition) is 1. The van der Waals surface area contributed by atoms with E-state index in [9.17, 15) is 0 Å². The Hall–Kier alpha value is -0.770. The molecule has 0 amide bonds. The minimum atomic E-state index is 0.298. The lowest BCUT2D eigenvalue weighted by atomic mass is 9.99. The fourth-order valence-electron chi connectivity index (χ4n) is 1.91. The normalized spacial score (nSPS) is 23.1. The molecule has 1 saturated heterocycles. The molecule has 0 saturated carbocycles. The van der Waals surface area contributed by atoms with E-state index in [0.29, 0.717) is 19.1 Å². The van der Waals surface area contributed by atoms with E-state index in [2.05, 4.69) is 14.9 Å². The Kier molecular flexibility index (Phi) is 5.37. The second kappa shape index (κ2) is 6.65. The molecule has 5 heteroatoms. The van der Waals surface area contributed by atoms with Crippen molar-refractivity contribution in [3.05, 3.63) is 10.4 Å². The van der Waals surface area contributed by atoms with E-state index in [-0.39, 0.29) is 0 Å². The van der Waals surface area contributed by atoms with Gasteiger partial charge in [0.2, 0.25) is 0 Å². The number of nitrogens with zero attached hydrogens (tertiary/aromatic N) is 4. The summed E-state index contributed by atoms with van der Waals surface area (Å²) in [6.07, 6.45) is 3.23. The second-order valence-corrected chi connectivity index (χ2v) is 3.80. The predicted molar refractivity (Wildman–Crippen MR) is 54.9 cm³/mol. The fourth-order valence-corrected chi connectivity index (χ4v) is 1.91. The highest BCUT2D eigenvalue weighted by molar-refractivity contribution is 4.72. The van der Waals surface area contributed by atoms with Crippen molar-refractivity contribution < 1.29 is 5.11 Å². The first-order chi connectivity index (χ1) is 6.86. The zero-order valence-electron chi connectivity index (χ0n) is 8.47. The molecule has 0 radical (unpaired) electrons. The van der Waals surface area contributed by atoms with Crippen molar-refractivity contribution in [2.45, 2.75) is 19.3 Å². The molecule has 5 nitrogen and oxygen atoms in total. The molecule has 0 aliphatic carbocycles. The van der Waals surface area contributed by atoms with Gasteiger partial charge in [0.25, 0.3) is 0 Å². The third kappa shape index (κ3) is 3.96. The van der Waals surface area contributed by atoms with Crippen LogP contribution < -0.4 is 0 Å². The minimum Gasteiger partial charge on any atom is -0.396 e. The second-order valence-electron chi connectivity index (χ2n) is 3.80. The molecule has 1 atom stereocenters. The molecule has 1 aliphatic rings. The Morgan fingerprint density at radius 2 is 2.43 bits per heavy atom. The number of rotatable bonds is 5. The molecule has 14 heavy (non-hydrogen) atoms. The lowest BCUT2D eigenvalue weighted by Crippen LogP contribution is -2.37. The summed E-state index contributed by atoms with van der Waals surface area (Å²) < 4.78 is 0. The van der Waals surface area contributed by atoms with Gasteiger partial charge in [0.1, 0.15) is 0 Å². The van der Waals surface area contributed by atoms with Gasteiger partial charge in [0.05, 0.1) is 0 Å². The molecule has 1 unspecified atom stereocenters. The molecule has 0 aromatic rings. The van der Waals surface area contributed by atoms with E-state index in [0.717, 1.165) is 32.5 Å². The summed E-state index contributed by atoms with van der Waals surface area (Å²) in [5.74, 6) is 0.447. The fraction of sp³-hybridized carbons (Fsp3) is 1.00. The van der Waals surface area contributed by atoms with E-state index >= 15 is 0 Å². The first-order valence-electron chi connectivity index (χ1n) is 5.21. The van der Waals surface area contributed by atoms with E-state index in [4.69, 9.17) is 10.6 Å². The molecule has 80 valence electrons. The van der Waals surface area contributed by atoms with Gasteiger partial charge in [-0.3, -0.25) is 0 Å². The van der Waals surface area contributed by atoms with Gasteiger partial charge in [-0.05, 0) is 43.8 Å². The number of likely N-dealkylation sites (tertiary alicyclic amines) is 1. The lowest BCUT2D eigenvalue weighted by molar-refractivity contribution is 0.120. The molecule has 1 heterocycles. The van der Waals surface area contributed by atoms with Crippen molar-refractivity contribution in [1.82, 2.24) is 4.90 Å². The summed E-state index contributed by atoms with van der Waals surface area (Å²) in [6.45, 7) is 3.97. The van der Waals surface area contributed by atoms with Gasteiger partial charge in [-0.25, -0.2) is 0 Å². The van der Waals surface area contributed by atoms with Gasteiger partial charge >= 0.3 is 0 Å². The van der Waals surface area contributed by atoms with Crippen LogP contribution in [0.2, 0.25) is 0 Å². The highest BCUT2D eigenvalue weighted by Crippen LogP contribution is 2.15. The van der Waals surface area contributed by atoms with Gasteiger partial charge in [-0.2, -0.15) is 0 Å². The SMILES string of the molecule is [N-]=[N+]=NCCCN1CCCC(CO)C1. The number of hydrogen-bond acceptors (Lipinski definition) is 3. The smallest absolute Gasteiger partial charge is 0.0471 e. The Morgan fingerprint density at radius 1 is 1.57 bits per heavy atom. The summed E-state index contributed by atoms with van der Waals surface area (Å²) in [5, 5.41) is 12.5. The van der Waals surface area contributed by atoms with Crippen molar-refractivity contribution in [2.24, 2.45) is 11.0 Å². The molecule has 1 N–H and O–H groups in total. The van der Waals surface area contributed by atoms with Crippen molar-refractivity contribution in [2.75, 3.05) is 32.8 Å². The van der Waals surface area contributed by atoms with E-state index in [1.54, 1.807) is 0 Å². The van der Waals surface area contributed by atoms with Crippen LogP contribution in [0, 0.1) is 5.92 Å². The Balaban J connectivity index is 2.14. The minimum absolute atomic E-state index is 0.298. The predicted octanol–water partition coefficient (Wildman–Crippen LogP) is 1.39. The molecular formula is C9H18N4O. The van der Waals surface area contributed by atoms with E-state index in [1.165, 1.54) is 6.42 Å². The van der Waals surface area contributed by atoms with Gasteiger partial charge in [-0.1, -0.05) is 5.11 Å². The van der Waals surface area contributed by atoms with Crippen LogP contribution in [0.1, 0.15) is 19.3 Å². The number of aliphatic hydroxyl groups excluding tert-OH is 1. The van der Waals surface area contributed by atoms with Gasteiger partial charge in [-0.15, -0.1) is 0 Å². The van der Waals surface area contributed by atoms with Crippen molar-refractivity contribution in [1.29, 1.82) is 0 Å². The average Bonchev–Trinajstić information content (AvgIpc) is 2.25. The number of piperidine rings is 1. The molecule has 1 rings (SSSR count). The number of azide groups is 1. The summed E-state index contributed by atoms with van der Waals surface area (Å²) in [4.78, 5) is 5.06. The van der Waals surface area contributed by atoms with Crippen LogP contribution in [0.25, 0.3) is 10.4 Å². The van der Waals surface area contributed by atoms with Gasteiger partial charge in [0, 0.05) is 24.6 Å². The standard InChI is InChI=1S/C9H18N4O/c10-12-11-4-2-6-13-5-1-3-9(7-13)8-14/h9,14H,1-8H2. The maximum Gasteiger partial charge on any atom is 0.0471 e. The zero-order chi connectivity index (χ0) is 10.2. The summed E-state index contributed by atoms with van der Waals surface area (Å²) in [7, 11) is 0. The van der Waals surface area contributed by atoms with Gasteiger partial charge < -0.3 is 10.0 Å². The first kappa shape index (κ1) is 11.3. The molecule has 1 aliphatic heterocycles. The quantitative estimate of drug-likeness (QED) is 0.314.